The summed E-state index contributed by atoms with van der Waals surface area (Å²) in [6.07, 6.45) is 0. The van der Waals surface area contributed by atoms with Gasteiger partial charge in [0.2, 0.25) is 5.91 Å². The molecule has 0 bridgehead atoms. The lowest BCUT2D eigenvalue weighted by Crippen LogP contribution is -2.50. The van der Waals surface area contributed by atoms with Gasteiger partial charge >= 0.3 is 0 Å². The lowest BCUT2D eigenvalue weighted by molar-refractivity contribution is 0.100. The van der Waals surface area contributed by atoms with E-state index < -0.39 is 5.91 Å². The van der Waals surface area contributed by atoms with Gasteiger partial charge in [-0.3, -0.25) is 4.79 Å². The molecule has 1 fully saturated rings. The molecule has 3 rings (SSSR count). The fourth-order valence-corrected chi connectivity index (χ4v) is 3.08. The molecular formula is C18H21N3O. The number of anilines is 1. The molecule has 1 unspecified atom stereocenters. The molecule has 0 aliphatic carbocycles. The average Bonchev–Trinajstić information content (AvgIpc) is 2.55. The van der Waals surface area contributed by atoms with E-state index in [2.05, 4.69) is 29.3 Å². The summed E-state index contributed by atoms with van der Waals surface area (Å²) in [4.78, 5) is 14.1. The van der Waals surface area contributed by atoms with E-state index in [9.17, 15) is 4.79 Å². The molecular weight excluding hydrogens is 274 g/mol. The van der Waals surface area contributed by atoms with Crippen LogP contribution in [0.15, 0.2) is 48.5 Å². The quantitative estimate of drug-likeness (QED) is 0.913. The number of benzene rings is 2. The van der Waals surface area contributed by atoms with Crippen molar-refractivity contribution in [3.05, 3.63) is 54.1 Å². The van der Waals surface area contributed by atoms with Crippen LogP contribution >= 0.6 is 0 Å². The number of carbonyl (C=O) groups excluding carboxylic acids is 1. The first-order valence-electron chi connectivity index (χ1n) is 7.64. The Labute approximate surface area is 130 Å². The van der Waals surface area contributed by atoms with Gasteiger partial charge in [-0.15, -0.1) is 0 Å². The van der Waals surface area contributed by atoms with Crippen LogP contribution in [-0.4, -0.2) is 31.6 Å². The molecule has 1 aliphatic heterocycles. The van der Waals surface area contributed by atoms with Crippen LogP contribution in [0.1, 0.15) is 17.3 Å². The Balaban J connectivity index is 2.11. The van der Waals surface area contributed by atoms with Crippen molar-refractivity contribution in [3.63, 3.8) is 0 Å². The zero-order valence-electron chi connectivity index (χ0n) is 12.8. The fraction of sp³-hybridized carbons (Fsp3) is 0.278. The normalized spacial score (nSPS) is 18.2. The third-order valence-corrected chi connectivity index (χ3v) is 4.20. The van der Waals surface area contributed by atoms with Crippen molar-refractivity contribution in [1.29, 1.82) is 0 Å². The number of rotatable bonds is 3. The molecule has 3 N–H and O–H groups in total. The van der Waals surface area contributed by atoms with Gasteiger partial charge in [0, 0.05) is 42.5 Å². The third-order valence-electron chi connectivity index (χ3n) is 4.20. The molecule has 0 spiro atoms. The number of hydrogen-bond acceptors (Lipinski definition) is 3. The highest BCUT2D eigenvalue weighted by atomic mass is 16.1. The summed E-state index contributed by atoms with van der Waals surface area (Å²) in [6.45, 7) is 5.10. The fourth-order valence-electron chi connectivity index (χ4n) is 3.08. The molecule has 2 aromatic rings. The molecule has 4 nitrogen and oxygen atoms in total. The van der Waals surface area contributed by atoms with E-state index in [0.717, 1.165) is 36.4 Å². The van der Waals surface area contributed by atoms with Crippen molar-refractivity contribution in [2.45, 2.75) is 13.0 Å². The largest absolute Gasteiger partial charge is 0.366 e. The number of para-hydroxylation sites is 1. The van der Waals surface area contributed by atoms with Crippen LogP contribution in [0.3, 0.4) is 0 Å². The van der Waals surface area contributed by atoms with Crippen molar-refractivity contribution >= 4 is 11.6 Å². The number of nitrogens with two attached hydrogens (primary N) is 1. The topological polar surface area (TPSA) is 58.4 Å². The highest BCUT2D eigenvalue weighted by Crippen LogP contribution is 2.34. The summed E-state index contributed by atoms with van der Waals surface area (Å²) in [7, 11) is 0. The maximum Gasteiger partial charge on any atom is 0.249 e. The van der Waals surface area contributed by atoms with E-state index in [4.69, 9.17) is 5.73 Å². The van der Waals surface area contributed by atoms with E-state index in [1.165, 1.54) is 0 Å². The monoisotopic (exact) mass is 295 g/mol. The standard InChI is InChI=1S/C18H21N3O/c1-13-12-20-10-11-21(13)17-9-5-4-7-15(17)14-6-2-3-8-16(14)18(19)22/h2-9,13,20H,10-12H2,1H3,(H2,19,22). The number of nitrogens with zero attached hydrogens (tertiary/aromatic N) is 1. The Morgan fingerprint density at radius 2 is 1.82 bits per heavy atom. The van der Waals surface area contributed by atoms with Gasteiger partial charge in [0.05, 0.1) is 0 Å². The molecule has 1 aliphatic rings. The smallest absolute Gasteiger partial charge is 0.249 e. The predicted octanol–water partition coefficient (Wildman–Crippen LogP) is 2.25. The van der Waals surface area contributed by atoms with Crippen LogP contribution < -0.4 is 16.0 Å². The van der Waals surface area contributed by atoms with Gasteiger partial charge < -0.3 is 16.0 Å². The van der Waals surface area contributed by atoms with Crippen LogP contribution in [0.5, 0.6) is 0 Å². The van der Waals surface area contributed by atoms with Crippen molar-refractivity contribution in [1.82, 2.24) is 5.32 Å². The minimum absolute atomic E-state index is 0.390. The van der Waals surface area contributed by atoms with Gasteiger partial charge in [-0.1, -0.05) is 36.4 Å². The first kappa shape index (κ1) is 14.6. The van der Waals surface area contributed by atoms with Crippen molar-refractivity contribution in [3.8, 4) is 11.1 Å². The Hall–Kier alpha value is -2.33. The second-order valence-electron chi connectivity index (χ2n) is 5.67. The van der Waals surface area contributed by atoms with Crippen molar-refractivity contribution in [2.24, 2.45) is 5.73 Å². The van der Waals surface area contributed by atoms with Gasteiger partial charge in [-0.2, -0.15) is 0 Å². The van der Waals surface area contributed by atoms with Crippen molar-refractivity contribution in [2.75, 3.05) is 24.5 Å². The Bertz CT molecular complexity index is 684. The van der Waals surface area contributed by atoms with Gasteiger partial charge in [0.25, 0.3) is 0 Å². The van der Waals surface area contributed by atoms with E-state index in [0.29, 0.717) is 11.6 Å². The summed E-state index contributed by atoms with van der Waals surface area (Å²) in [5.41, 5.74) is 9.23. The van der Waals surface area contributed by atoms with E-state index >= 15 is 0 Å². The van der Waals surface area contributed by atoms with Crippen molar-refractivity contribution < 1.29 is 4.79 Å². The first-order valence-corrected chi connectivity index (χ1v) is 7.64. The highest BCUT2D eigenvalue weighted by molar-refractivity contribution is 6.01. The minimum Gasteiger partial charge on any atom is -0.366 e. The summed E-state index contributed by atoms with van der Waals surface area (Å²) in [5, 5.41) is 3.41. The highest BCUT2D eigenvalue weighted by Gasteiger charge is 2.22. The van der Waals surface area contributed by atoms with Crippen LogP contribution in [0.4, 0.5) is 5.69 Å². The number of hydrogen-bond donors (Lipinski definition) is 2. The lowest BCUT2D eigenvalue weighted by atomic mass is 9.96. The summed E-state index contributed by atoms with van der Waals surface area (Å²) >= 11 is 0. The molecule has 1 amide bonds. The second-order valence-corrected chi connectivity index (χ2v) is 5.67. The first-order chi connectivity index (χ1) is 10.7. The van der Waals surface area contributed by atoms with Crippen LogP contribution in [0.2, 0.25) is 0 Å². The van der Waals surface area contributed by atoms with E-state index in [1.807, 2.05) is 30.3 Å². The Morgan fingerprint density at radius 3 is 2.55 bits per heavy atom. The number of nitrogens with one attached hydrogen (secondary N) is 1. The molecule has 22 heavy (non-hydrogen) atoms. The molecule has 1 atom stereocenters. The number of amides is 1. The van der Waals surface area contributed by atoms with Crippen LogP contribution in [0, 0.1) is 0 Å². The molecule has 2 aromatic carbocycles. The molecule has 1 heterocycles. The zero-order valence-corrected chi connectivity index (χ0v) is 12.8. The molecule has 0 aromatic heterocycles. The van der Waals surface area contributed by atoms with E-state index in [1.54, 1.807) is 6.07 Å². The van der Waals surface area contributed by atoms with Gasteiger partial charge in [-0.05, 0) is 24.6 Å². The molecule has 0 radical (unpaired) electrons. The summed E-state index contributed by atoms with van der Waals surface area (Å²) < 4.78 is 0. The molecule has 0 saturated carbocycles. The summed E-state index contributed by atoms with van der Waals surface area (Å²) in [5.74, 6) is -0.390. The minimum atomic E-state index is -0.390. The van der Waals surface area contributed by atoms with Crippen LogP contribution in [0.25, 0.3) is 11.1 Å². The predicted molar refractivity (Wildman–Crippen MR) is 90.1 cm³/mol. The maximum atomic E-state index is 11.7. The lowest BCUT2D eigenvalue weighted by Gasteiger charge is -2.37. The van der Waals surface area contributed by atoms with Gasteiger partial charge in [-0.25, -0.2) is 0 Å². The maximum absolute atomic E-state index is 11.7. The number of carbonyl (C=O) groups is 1. The van der Waals surface area contributed by atoms with Gasteiger partial charge in [0.15, 0.2) is 0 Å². The SMILES string of the molecule is CC1CNCCN1c1ccccc1-c1ccccc1C(N)=O. The molecule has 114 valence electrons. The Morgan fingerprint density at radius 1 is 1.14 bits per heavy atom. The second kappa shape index (κ2) is 6.20. The summed E-state index contributed by atoms with van der Waals surface area (Å²) in [6, 6.07) is 16.2. The number of primary amides is 1. The number of piperazine rings is 1. The van der Waals surface area contributed by atoms with Gasteiger partial charge in [0.1, 0.15) is 0 Å². The zero-order chi connectivity index (χ0) is 15.5. The third kappa shape index (κ3) is 2.70. The Kier molecular flexibility index (Phi) is 4.11. The van der Waals surface area contributed by atoms with E-state index in [-0.39, 0.29) is 0 Å². The average molecular weight is 295 g/mol. The molecule has 1 saturated heterocycles. The van der Waals surface area contributed by atoms with Crippen LogP contribution in [-0.2, 0) is 0 Å². The molecule has 4 heteroatoms.